The van der Waals surface area contributed by atoms with Crippen molar-refractivity contribution in [2.24, 2.45) is 0 Å². The Balaban J connectivity index is 2.80. The first-order chi connectivity index (χ1) is 10.7. The van der Waals surface area contributed by atoms with E-state index in [-0.39, 0.29) is 0 Å². The normalized spacial score (nSPS) is 13.0. The van der Waals surface area contributed by atoms with E-state index in [1.807, 2.05) is 81.4 Å². The summed E-state index contributed by atoms with van der Waals surface area (Å²) in [5.41, 5.74) is 0. The molecule has 0 N–H and O–H groups in total. The summed E-state index contributed by atoms with van der Waals surface area (Å²) in [6.45, 7) is 6.01. The molecule has 0 aromatic heterocycles. The van der Waals surface area contributed by atoms with Crippen LogP contribution in [0, 0.1) is 0 Å². The van der Waals surface area contributed by atoms with Gasteiger partial charge in [0.15, 0.2) is 0 Å². The van der Waals surface area contributed by atoms with Crippen molar-refractivity contribution in [2.75, 3.05) is 7.11 Å². The number of benzene rings is 2. The molecule has 0 heterocycles. The van der Waals surface area contributed by atoms with Crippen molar-refractivity contribution in [1.82, 2.24) is 0 Å². The molecule has 6 heteroatoms. The maximum Gasteiger partial charge on any atom is 0.390 e. The van der Waals surface area contributed by atoms with Crippen LogP contribution in [-0.2, 0) is 18.5 Å². The van der Waals surface area contributed by atoms with Crippen LogP contribution in [0.25, 0.3) is 0 Å². The molecule has 0 spiro atoms. The largest absolute Gasteiger partial charge is 0.390 e. The molecule has 0 fully saturated rings. The third-order valence-corrected chi connectivity index (χ3v) is 10.5. The summed E-state index contributed by atoms with van der Waals surface area (Å²) in [6, 6.07) is 19.1. The van der Waals surface area contributed by atoms with E-state index in [1.165, 1.54) is 0 Å². The van der Waals surface area contributed by atoms with Gasteiger partial charge in [0.25, 0.3) is 8.32 Å². The quantitative estimate of drug-likeness (QED) is 0.777. The summed E-state index contributed by atoms with van der Waals surface area (Å²) >= 11 is 0. The average molecular weight is 351 g/mol. The Bertz CT molecular complexity index is 698. The fourth-order valence-electron chi connectivity index (χ4n) is 2.79. The molecular formula is C17H22O4SSi. The molecule has 0 unspecified atom stereocenters. The molecule has 23 heavy (non-hydrogen) atoms. The van der Waals surface area contributed by atoms with Gasteiger partial charge in [0.1, 0.15) is 0 Å². The highest BCUT2D eigenvalue weighted by atomic mass is 32.3. The zero-order valence-electron chi connectivity index (χ0n) is 13.8. The third kappa shape index (κ3) is 3.55. The second-order valence-electron chi connectivity index (χ2n) is 6.32. The summed E-state index contributed by atoms with van der Waals surface area (Å²) < 4.78 is 34.8. The molecule has 0 aliphatic rings. The van der Waals surface area contributed by atoms with Crippen molar-refractivity contribution < 1.29 is 16.5 Å². The first kappa shape index (κ1) is 17.9. The molecule has 0 atom stereocenters. The Kier molecular flexibility index (Phi) is 5.10. The van der Waals surface area contributed by atoms with E-state index < -0.39 is 23.8 Å². The predicted octanol–water partition coefficient (Wildman–Crippen LogP) is 2.45. The van der Waals surface area contributed by atoms with Crippen LogP contribution in [0.2, 0.25) is 5.04 Å². The molecule has 4 nitrogen and oxygen atoms in total. The van der Waals surface area contributed by atoms with Crippen LogP contribution in [-0.4, -0.2) is 23.8 Å². The summed E-state index contributed by atoms with van der Waals surface area (Å²) in [5.74, 6) is 0. The van der Waals surface area contributed by atoms with Crippen LogP contribution in [0.1, 0.15) is 20.8 Å². The minimum atomic E-state index is -4.09. The van der Waals surface area contributed by atoms with E-state index >= 15 is 0 Å². The van der Waals surface area contributed by atoms with Gasteiger partial charge in [-0.15, -0.1) is 0 Å². The van der Waals surface area contributed by atoms with Crippen molar-refractivity contribution in [3.8, 4) is 0 Å². The van der Waals surface area contributed by atoms with E-state index in [9.17, 15) is 8.42 Å². The van der Waals surface area contributed by atoms with Crippen molar-refractivity contribution >= 4 is 29.1 Å². The summed E-state index contributed by atoms with van der Waals surface area (Å²) in [4.78, 5) is 0. The molecule has 2 aromatic carbocycles. The van der Waals surface area contributed by atoms with Crippen LogP contribution < -0.4 is 10.4 Å². The fourth-order valence-corrected chi connectivity index (χ4v) is 9.44. The van der Waals surface area contributed by atoms with Crippen molar-refractivity contribution in [3.05, 3.63) is 60.7 Å². The SMILES string of the molecule is COS(=O)(=O)O[Si](c1ccccc1)(c1ccccc1)C(C)(C)C. The van der Waals surface area contributed by atoms with Gasteiger partial charge in [0.05, 0.1) is 7.11 Å². The molecule has 0 saturated heterocycles. The standard InChI is InChI=1S/C17H22O4SSi/c1-17(2,3)23(21-22(18,19)20-4,15-11-7-5-8-12-15)16-13-9-6-10-14-16/h5-14H,1-4H3. The van der Waals surface area contributed by atoms with Gasteiger partial charge in [-0.1, -0.05) is 81.4 Å². The van der Waals surface area contributed by atoms with E-state index in [1.54, 1.807) is 0 Å². The second kappa shape index (κ2) is 6.57. The average Bonchev–Trinajstić information content (AvgIpc) is 2.53. The van der Waals surface area contributed by atoms with Gasteiger partial charge in [-0.25, -0.2) is 0 Å². The van der Waals surface area contributed by atoms with E-state index in [2.05, 4.69) is 4.18 Å². The lowest BCUT2D eigenvalue weighted by Crippen LogP contribution is -2.67. The highest BCUT2D eigenvalue weighted by Crippen LogP contribution is 2.37. The lowest BCUT2D eigenvalue weighted by atomic mass is 10.2. The van der Waals surface area contributed by atoms with Gasteiger partial charge >= 0.3 is 10.4 Å². The molecule has 2 aromatic rings. The Labute approximate surface area is 139 Å². The van der Waals surface area contributed by atoms with E-state index in [0.717, 1.165) is 17.5 Å². The van der Waals surface area contributed by atoms with Gasteiger partial charge < -0.3 is 0 Å². The molecule has 2 rings (SSSR count). The smallest absolute Gasteiger partial charge is 0.282 e. The van der Waals surface area contributed by atoms with Gasteiger partial charge in [0, 0.05) is 0 Å². The molecule has 0 amide bonds. The van der Waals surface area contributed by atoms with Crippen LogP contribution in [0.15, 0.2) is 60.7 Å². The van der Waals surface area contributed by atoms with E-state index in [0.29, 0.717) is 0 Å². The highest BCUT2D eigenvalue weighted by molar-refractivity contribution is 7.83. The van der Waals surface area contributed by atoms with Gasteiger partial charge in [-0.2, -0.15) is 8.42 Å². The Morgan fingerprint density at radius 1 is 0.826 bits per heavy atom. The van der Waals surface area contributed by atoms with Crippen LogP contribution in [0.5, 0.6) is 0 Å². The molecule has 124 valence electrons. The lowest BCUT2D eigenvalue weighted by Gasteiger charge is -2.41. The van der Waals surface area contributed by atoms with Gasteiger partial charge in [0.2, 0.25) is 0 Å². The Morgan fingerprint density at radius 2 is 1.22 bits per heavy atom. The molecule has 0 aliphatic carbocycles. The zero-order valence-corrected chi connectivity index (χ0v) is 15.6. The third-order valence-electron chi connectivity index (χ3n) is 3.85. The van der Waals surface area contributed by atoms with Crippen LogP contribution in [0.3, 0.4) is 0 Å². The topological polar surface area (TPSA) is 52.6 Å². The summed E-state index contributed by atoms with van der Waals surface area (Å²) in [7, 11) is -6.10. The molecule has 0 saturated carbocycles. The van der Waals surface area contributed by atoms with Gasteiger partial charge in [-0.05, 0) is 15.4 Å². The van der Waals surface area contributed by atoms with Crippen LogP contribution >= 0.6 is 0 Å². The molecular weight excluding hydrogens is 328 g/mol. The predicted molar refractivity (Wildman–Crippen MR) is 94.6 cm³/mol. The first-order valence-electron chi connectivity index (χ1n) is 7.35. The monoisotopic (exact) mass is 350 g/mol. The van der Waals surface area contributed by atoms with Crippen molar-refractivity contribution in [2.45, 2.75) is 25.8 Å². The van der Waals surface area contributed by atoms with Crippen LogP contribution in [0.4, 0.5) is 0 Å². The minimum Gasteiger partial charge on any atom is -0.282 e. The maximum atomic E-state index is 12.2. The molecule has 0 radical (unpaired) electrons. The molecule has 0 bridgehead atoms. The number of rotatable bonds is 5. The Hall–Kier alpha value is -1.47. The second-order valence-corrected chi connectivity index (χ2v) is 12.2. The fraction of sp³-hybridized carbons (Fsp3) is 0.294. The van der Waals surface area contributed by atoms with Gasteiger partial charge in [-0.3, -0.25) is 8.06 Å². The molecule has 0 aliphatic heterocycles. The first-order valence-corrected chi connectivity index (χ1v) is 10.6. The van der Waals surface area contributed by atoms with E-state index in [4.69, 9.17) is 3.87 Å². The lowest BCUT2D eigenvalue weighted by molar-refractivity contribution is 0.324. The summed E-state index contributed by atoms with van der Waals surface area (Å²) in [5, 5.41) is 1.36. The minimum absolute atomic E-state index is 0.415. The number of hydrogen-bond donors (Lipinski definition) is 0. The maximum absolute atomic E-state index is 12.2. The highest BCUT2D eigenvalue weighted by Gasteiger charge is 2.53. The number of hydrogen-bond acceptors (Lipinski definition) is 4. The van der Waals surface area contributed by atoms with Crippen molar-refractivity contribution in [1.29, 1.82) is 0 Å². The Morgan fingerprint density at radius 3 is 1.52 bits per heavy atom. The summed E-state index contributed by atoms with van der Waals surface area (Å²) in [6.07, 6.45) is 0. The zero-order chi connectivity index (χ0) is 17.1. The van der Waals surface area contributed by atoms with Crippen molar-refractivity contribution in [3.63, 3.8) is 0 Å².